The average Bonchev–Trinajstić information content (AvgIpc) is 2.92. The number of carbonyl (C=O) groups excluding carboxylic acids is 2. The van der Waals surface area contributed by atoms with Crippen molar-refractivity contribution in [1.82, 2.24) is 9.79 Å². The van der Waals surface area contributed by atoms with Crippen molar-refractivity contribution in [3.63, 3.8) is 0 Å². The molecule has 3 aliphatic rings. The van der Waals surface area contributed by atoms with E-state index < -0.39 is 20.7 Å². The summed E-state index contributed by atoms with van der Waals surface area (Å²) in [5, 5.41) is 9.23. The van der Waals surface area contributed by atoms with Crippen LogP contribution >= 0.6 is 0 Å². The first-order valence-electron chi connectivity index (χ1n) is 12.5. The number of piperidine rings is 1. The number of carbonyl (C=O) groups is 2. The van der Waals surface area contributed by atoms with Crippen molar-refractivity contribution in [3.05, 3.63) is 29.8 Å². The molecule has 1 aliphatic carbocycles. The SMILES string of the molecule is COc1ccc(C(=O)C2CCC(C3CCN(S(=O)(=O)C4(C(=O)NO)CCOCC4)CC3)CC2)cc1. The molecule has 9 nitrogen and oxygen atoms in total. The maximum Gasteiger partial charge on any atom is 0.266 e. The van der Waals surface area contributed by atoms with Gasteiger partial charge in [0.2, 0.25) is 10.0 Å². The zero-order valence-electron chi connectivity index (χ0n) is 20.3. The molecule has 0 aromatic heterocycles. The summed E-state index contributed by atoms with van der Waals surface area (Å²) in [6, 6.07) is 7.28. The predicted octanol–water partition coefficient (Wildman–Crippen LogP) is 2.78. The van der Waals surface area contributed by atoms with Gasteiger partial charge in [-0.3, -0.25) is 14.8 Å². The quantitative estimate of drug-likeness (QED) is 0.330. The fraction of sp³-hybridized carbons (Fsp3) is 0.680. The minimum Gasteiger partial charge on any atom is -0.497 e. The molecule has 3 fully saturated rings. The van der Waals surface area contributed by atoms with Crippen LogP contribution in [0.3, 0.4) is 0 Å². The van der Waals surface area contributed by atoms with Crippen LogP contribution in [0.4, 0.5) is 0 Å². The summed E-state index contributed by atoms with van der Waals surface area (Å²) in [5.74, 6) is 0.982. The van der Waals surface area contributed by atoms with Crippen LogP contribution in [-0.2, 0) is 19.6 Å². The predicted molar refractivity (Wildman–Crippen MR) is 129 cm³/mol. The number of sulfonamides is 1. The lowest BCUT2D eigenvalue weighted by Crippen LogP contribution is -2.60. The summed E-state index contributed by atoms with van der Waals surface area (Å²) in [6.07, 6.45) is 5.21. The highest BCUT2D eigenvalue weighted by Crippen LogP contribution is 2.41. The minimum absolute atomic E-state index is 0.0329. The Hall–Kier alpha value is -2.01. The third kappa shape index (κ3) is 5.12. The summed E-state index contributed by atoms with van der Waals surface area (Å²) in [7, 11) is -2.34. The number of hydrogen-bond acceptors (Lipinski definition) is 7. The first-order valence-corrected chi connectivity index (χ1v) is 14.0. The van der Waals surface area contributed by atoms with Crippen LogP contribution in [0.1, 0.15) is 61.7 Å². The smallest absolute Gasteiger partial charge is 0.266 e. The van der Waals surface area contributed by atoms with Gasteiger partial charge in [0.25, 0.3) is 5.91 Å². The van der Waals surface area contributed by atoms with Crippen LogP contribution in [0.15, 0.2) is 24.3 Å². The van der Waals surface area contributed by atoms with Gasteiger partial charge in [-0.05, 0) is 74.6 Å². The maximum atomic E-state index is 13.5. The van der Waals surface area contributed by atoms with Gasteiger partial charge in [-0.15, -0.1) is 0 Å². The van der Waals surface area contributed by atoms with Crippen LogP contribution in [-0.4, -0.2) is 67.8 Å². The highest BCUT2D eigenvalue weighted by molar-refractivity contribution is 7.91. The van der Waals surface area contributed by atoms with E-state index in [1.807, 2.05) is 24.3 Å². The first kappa shape index (κ1) is 26.1. The van der Waals surface area contributed by atoms with E-state index in [2.05, 4.69) is 0 Å². The summed E-state index contributed by atoms with van der Waals surface area (Å²) in [5.41, 5.74) is 2.30. The van der Waals surface area contributed by atoms with E-state index in [-0.39, 0.29) is 37.8 Å². The van der Waals surface area contributed by atoms with Gasteiger partial charge in [0.05, 0.1) is 7.11 Å². The third-order valence-corrected chi connectivity index (χ3v) is 11.0. The van der Waals surface area contributed by atoms with Crippen molar-refractivity contribution in [2.45, 2.75) is 56.1 Å². The molecule has 0 unspecified atom stereocenters. The number of Topliss-reactive ketones (excluding diaryl/α,β-unsaturated/α-hetero) is 1. The van der Waals surface area contributed by atoms with Crippen LogP contribution in [0.25, 0.3) is 0 Å². The van der Waals surface area contributed by atoms with E-state index in [0.717, 1.165) is 49.8 Å². The summed E-state index contributed by atoms with van der Waals surface area (Å²) >= 11 is 0. The van der Waals surface area contributed by atoms with Gasteiger partial charge in [-0.25, -0.2) is 18.2 Å². The molecule has 0 atom stereocenters. The molecule has 0 bridgehead atoms. The monoisotopic (exact) mass is 508 g/mol. The van der Waals surface area contributed by atoms with E-state index in [1.165, 1.54) is 4.31 Å². The molecule has 194 valence electrons. The molecule has 0 radical (unpaired) electrons. The summed E-state index contributed by atoms with van der Waals surface area (Å²) in [4.78, 5) is 25.4. The van der Waals surface area contributed by atoms with Gasteiger partial charge < -0.3 is 9.47 Å². The van der Waals surface area contributed by atoms with Gasteiger partial charge in [0.1, 0.15) is 5.75 Å². The Morgan fingerprint density at radius 1 is 1.00 bits per heavy atom. The van der Waals surface area contributed by atoms with Crippen molar-refractivity contribution >= 4 is 21.7 Å². The molecule has 2 heterocycles. The zero-order chi connectivity index (χ0) is 25.1. The molecule has 10 heteroatoms. The molecule has 1 aromatic rings. The number of nitrogens with zero attached hydrogens (tertiary/aromatic N) is 1. The number of hydrogen-bond donors (Lipinski definition) is 2. The van der Waals surface area contributed by atoms with Gasteiger partial charge >= 0.3 is 0 Å². The molecular formula is C25H36N2O7S. The number of benzene rings is 1. The molecule has 4 rings (SSSR count). The van der Waals surface area contributed by atoms with E-state index in [4.69, 9.17) is 9.47 Å². The zero-order valence-corrected chi connectivity index (χ0v) is 21.1. The largest absolute Gasteiger partial charge is 0.497 e. The van der Waals surface area contributed by atoms with E-state index in [9.17, 15) is 23.2 Å². The van der Waals surface area contributed by atoms with Crippen molar-refractivity contribution in [2.24, 2.45) is 17.8 Å². The van der Waals surface area contributed by atoms with E-state index >= 15 is 0 Å². The highest BCUT2D eigenvalue weighted by atomic mass is 32.2. The molecule has 2 aliphatic heterocycles. The fourth-order valence-electron chi connectivity index (χ4n) is 6.08. The van der Waals surface area contributed by atoms with Crippen molar-refractivity contribution < 1.29 is 32.7 Å². The molecule has 0 spiro atoms. The van der Waals surface area contributed by atoms with Crippen molar-refractivity contribution in [3.8, 4) is 5.75 Å². The number of hydroxylamine groups is 1. The Labute approximate surface area is 207 Å². The fourth-order valence-corrected chi connectivity index (χ4v) is 8.23. The Kier molecular flexibility index (Phi) is 8.15. The summed E-state index contributed by atoms with van der Waals surface area (Å²) in [6.45, 7) is 1.08. The molecule has 35 heavy (non-hydrogen) atoms. The second-order valence-electron chi connectivity index (χ2n) is 9.99. The third-order valence-electron chi connectivity index (χ3n) is 8.33. The molecule has 1 aromatic carbocycles. The lowest BCUT2D eigenvalue weighted by atomic mass is 9.71. The molecule has 2 saturated heterocycles. The Morgan fingerprint density at radius 3 is 2.11 bits per heavy atom. The second kappa shape index (κ2) is 10.9. The topological polar surface area (TPSA) is 122 Å². The highest BCUT2D eigenvalue weighted by Gasteiger charge is 2.54. The Morgan fingerprint density at radius 2 is 1.57 bits per heavy atom. The van der Waals surface area contributed by atoms with Gasteiger partial charge in [-0.1, -0.05) is 0 Å². The number of ether oxygens (including phenoxy) is 2. The average molecular weight is 509 g/mol. The lowest BCUT2D eigenvalue weighted by molar-refractivity contribution is -0.134. The normalized spacial score (nSPS) is 26.1. The van der Waals surface area contributed by atoms with Gasteiger partial charge in [0, 0.05) is 50.6 Å². The Balaban J connectivity index is 1.32. The standard InChI is InChI=1S/C25H36N2O7S/c1-33-22-8-6-21(7-9-22)23(28)20-4-2-18(3-5-20)19-10-14-27(15-11-19)35(31,32)25(24(29)26-30)12-16-34-17-13-25/h6-9,18-20,30H,2-5,10-17H2,1H3,(H,26,29). The van der Waals surface area contributed by atoms with Gasteiger partial charge in [0.15, 0.2) is 10.5 Å². The van der Waals surface area contributed by atoms with E-state index in [1.54, 1.807) is 12.6 Å². The van der Waals surface area contributed by atoms with Crippen molar-refractivity contribution in [2.75, 3.05) is 33.4 Å². The molecule has 1 saturated carbocycles. The van der Waals surface area contributed by atoms with Crippen LogP contribution < -0.4 is 10.2 Å². The first-order chi connectivity index (χ1) is 16.8. The maximum absolute atomic E-state index is 13.5. The minimum atomic E-state index is -3.94. The number of ketones is 1. The van der Waals surface area contributed by atoms with Crippen molar-refractivity contribution in [1.29, 1.82) is 0 Å². The number of methoxy groups -OCH3 is 1. The number of rotatable bonds is 7. The number of amides is 1. The lowest BCUT2D eigenvalue weighted by Gasteiger charge is -2.42. The van der Waals surface area contributed by atoms with Crippen LogP contribution in [0, 0.1) is 17.8 Å². The second-order valence-corrected chi connectivity index (χ2v) is 12.2. The number of nitrogens with one attached hydrogen (secondary N) is 1. The molecule has 1 amide bonds. The van der Waals surface area contributed by atoms with Crippen LogP contribution in [0.5, 0.6) is 5.75 Å². The Bertz CT molecular complexity index is 989. The van der Waals surface area contributed by atoms with Crippen LogP contribution in [0.2, 0.25) is 0 Å². The van der Waals surface area contributed by atoms with E-state index in [0.29, 0.717) is 24.9 Å². The van der Waals surface area contributed by atoms with Gasteiger partial charge in [-0.2, -0.15) is 0 Å². The molecule has 2 N–H and O–H groups in total. The molecular weight excluding hydrogens is 472 g/mol. The summed E-state index contributed by atoms with van der Waals surface area (Å²) < 4.78 is 37.2.